The molecule has 0 aromatic heterocycles. The summed E-state index contributed by atoms with van der Waals surface area (Å²) in [6.45, 7) is 2.90. The first-order valence-corrected chi connectivity index (χ1v) is 8.40. The lowest BCUT2D eigenvalue weighted by atomic mass is 9.84. The van der Waals surface area contributed by atoms with E-state index in [0.29, 0.717) is 23.2 Å². The molecule has 2 atom stereocenters. The fraction of sp³-hybridized carbons (Fsp3) is 0.562. The van der Waals surface area contributed by atoms with E-state index in [1.54, 1.807) is 6.07 Å². The zero-order valence-electron chi connectivity index (χ0n) is 12.4. The average molecular weight is 352 g/mol. The number of likely N-dealkylation sites (tertiary alicyclic amines) is 2. The summed E-state index contributed by atoms with van der Waals surface area (Å²) in [5.74, 6) is 0.710. The number of halogens is 1. The molecule has 0 spiro atoms. The molecular weight excluding hydrogens is 330 g/mol. The lowest BCUT2D eigenvalue weighted by Crippen LogP contribution is -2.53. The van der Waals surface area contributed by atoms with Gasteiger partial charge in [0.1, 0.15) is 0 Å². The van der Waals surface area contributed by atoms with Crippen LogP contribution in [-0.4, -0.2) is 48.4 Å². The Balaban J connectivity index is 1.76. The average Bonchev–Trinajstić information content (AvgIpc) is 2.49. The van der Waals surface area contributed by atoms with Gasteiger partial charge in [0.25, 0.3) is 5.91 Å². The molecule has 2 heterocycles. The number of hydrogen-bond acceptors (Lipinski definition) is 3. The quantitative estimate of drug-likeness (QED) is 0.791. The maximum atomic E-state index is 12.8. The van der Waals surface area contributed by atoms with Crippen LogP contribution in [0, 0.1) is 5.92 Å². The molecule has 2 N–H and O–H groups in total. The summed E-state index contributed by atoms with van der Waals surface area (Å²) in [6.07, 6.45) is 3.55. The van der Waals surface area contributed by atoms with Crippen molar-refractivity contribution in [1.82, 2.24) is 9.80 Å². The topological polar surface area (TPSA) is 49.6 Å². The second-order valence-electron chi connectivity index (χ2n) is 6.23. The van der Waals surface area contributed by atoms with E-state index in [9.17, 15) is 4.79 Å². The van der Waals surface area contributed by atoms with Crippen molar-refractivity contribution in [2.24, 2.45) is 5.92 Å². The minimum absolute atomic E-state index is 0.0980. The van der Waals surface area contributed by atoms with Gasteiger partial charge in [0.2, 0.25) is 0 Å². The molecule has 0 bridgehead atoms. The van der Waals surface area contributed by atoms with Gasteiger partial charge in [-0.3, -0.25) is 4.79 Å². The number of hydrogen-bond donors (Lipinski definition) is 1. The van der Waals surface area contributed by atoms with Crippen molar-refractivity contribution in [3.8, 4) is 0 Å². The molecule has 2 saturated heterocycles. The fourth-order valence-electron chi connectivity index (χ4n) is 3.71. The molecule has 3 rings (SSSR count). The minimum atomic E-state index is 0.0980. The Kier molecular flexibility index (Phi) is 4.22. The predicted octanol–water partition coefficient (Wildman–Crippen LogP) is 2.59. The van der Waals surface area contributed by atoms with Crippen molar-refractivity contribution in [3.05, 3.63) is 28.2 Å². The number of carbonyl (C=O) groups excluding carboxylic acids is 1. The molecular formula is C16H22BrN3O. The van der Waals surface area contributed by atoms with Crippen LogP contribution < -0.4 is 5.73 Å². The number of nitrogen functional groups attached to an aromatic ring is 1. The molecule has 2 fully saturated rings. The maximum Gasteiger partial charge on any atom is 0.255 e. The zero-order valence-corrected chi connectivity index (χ0v) is 14.0. The molecule has 2 aliphatic rings. The van der Waals surface area contributed by atoms with Gasteiger partial charge in [-0.2, -0.15) is 0 Å². The predicted molar refractivity (Wildman–Crippen MR) is 88.2 cm³/mol. The summed E-state index contributed by atoms with van der Waals surface area (Å²) < 4.78 is 0.824. The molecule has 5 heteroatoms. The van der Waals surface area contributed by atoms with Crippen LogP contribution in [0.2, 0.25) is 0 Å². The number of fused-ring (bicyclic) bond motifs is 1. The van der Waals surface area contributed by atoms with Gasteiger partial charge in [0.05, 0.1) is 5.56 Å². The molecule has 1 amide bonds. The van der Waals surface area contributed by atoms with Gasteiger partial charge in [0, 0.05) is 29.3 Å². The molecule has 2 aliphatic heterocycles. The Morgan fingerprint density at radius 2 is 2.14 bits per heavy atom. The number of carbonyl (C=O) groups is 1. The summed E-state index contributed by atoms with van der Waals surface area (Å²) in [6, 6.07) is 6.07. The Morgan fingerprint density at radius 1 is 1.33 bits per heavy atom. The van der Waals surface area contributed by atoms with Crippen LogP contribution in [0.1, 0.15) is 29.6 Å². The van der Waals surface area contributed by atoms with Crippen LogP contribution in [-0.2, 0) is 0 Å². The molecule has 1 aromatic rings. The van der Waals surface area contributed by atoms with Crippen LogP contribution in [0.4, 0.5) is 5.69 Å². The first-order chi connectivity index (χ1) is 10.1. The van der Waals surface area contributed by atoms with E-state index < -0.39 is 0 Å². The summed E-state index contributed by atoms with van der Waals surface area (Å²) in [5, 5.41) is 0. The first-order valence-electron chi connectivity index (χ1n) is 7.61. The lowest BCUT2D eigenvalue weighted by Gasteiger charge is -2.46. The minimum Gasteiger partial charge on any atom is -0.399 e. The van der Waals surface area contributed by atoms with E-state index in [4.69, 9.17) is 5.73 Å². The molecule has 21 heavy (non-hydrogen) atoms. The molecule has 114 valence electrons. The number of piperidine rings is 2. The van der Waals surface area contributed by atoms with E-state index in [1.165, 1.54) is 19.4 Å². The normalized spacial score (nSPS) is 26.5. The van der Waals surface area contributed by atoms with Crippen molar-refractivity contribution in [3.63, 3.8) is 0 Å². The van der Waals surface area contributed by atoms with Gasteiger partial charge in [-0.15, -0.1) is 0 Å². The van der Waals surface area contributed by atoms with E-state index in [0.717, 1.165) is 24.0 Å². The largest absolute Gasteiger partial charge is 0.399 e. The van der Waals surface area contributed by atoms with E-state index >= 15 is 0 Å². The Bertz CT molecular complexity index is 548. The summed E-state index contributed by atoms with van der Waals surface area (Å²) in [4.78, 5) is 17.2. The smallest absolute Gasteiger partial charge is 0.255 e. The highest BCUT2D eigenvalue weighted by molar-refractivity contribution is 9.10. The van der Waals surface area contributed by atoms with Gasteiger partial charge in [0.15, 0.2) is 0 Å². The van der Waals surface area contributed by atoms with Crippen LogP contribution in [0.3, 0.4) is 0 Å². The third-order valence-electron chi connectivity index (χ3n) is 4.85. The summed E-state index contributed by atoms with van der Waals surface area (Å²) in [7, 11) is 2.21. The number of rotatable bonds is 1. The van der Waals surface area contributed by atoms with E-state index in [1.807, 2.05) is 17.0 Å². The van der Waals surface area contributed by atoms with Crippen molar-refractivity contribution in [2.75, 3.05) is 32.4 Å². The van der Waals surface area contributed by atoms with Crippen LogP contribution in [0.5, 0.6) is 0 Å². The summed E-state index contributed by atoms with van der Waals surface area (Å²) >= 11 is 3.46. The SMILES string of the molecule is CN1CCCC2CN(C(=O)c3cc(N)ccc3Br)CCC21. The van der Waals surface area contributed by atoms with Crippen LogP contribution in [0.15, 0.2) is 22.7 Å². The molecule has 1 aromatic carbocycles. The first kappa shape index (κ1) is 14.9. The van der Waals surface area contributed by atoms with Gasteiger partial charge in [-0.05, 0) is 72.9 Å². The number of amides is 1. The van der Waals surface area contributed by atoms with E-state index in [2.05, 4.69) is 27.9 Å². The van der Waals surface area contributed by atoms with Crippen LogP contribution >= 0.6 is 15.9 Å². The summed E-state index contributed by atoms with van der Waals surface area (Å²) in [5.41, 5.74) is 7.13. The highest BCUT2D eigenvalue weighted by atomic mass is 79.9. The maximum absolute atomic E-state index is 12.8. The fourth-order valence-corrected chi connectivity index (χ4v) is 4.13. The van der Waals surface area contributed by atoms with Crippen molar-refractivity contribution in [1.29, 1.82) is 0 Å². The second kappa shape index (κ2) is 5.97. The van der Waals surface area contributed by atoms with Gasteiger partial charge >= 0.3 is 0 Å². The highest BCUT2D eigenvalue weighted by Crippen LogP contribution is 2.31. The number of benzene rings is 1. The Morgan fingerprint density at radius 3 is 2.95 bits per heavy atom. The van der Waals surface area contributed by atoms with E-state index in [-0.39, 0.29) is 5.91 Å². The monoisotopic (exact) mass is 351 g/mol. The van der Waals surface area contributed by atoms with Crippen molar-refractivity contribution < 1.29 is 4.79 Å². The molecule has 0 aliphatic carbocycles. The lowest BCUT2D eigenvalue weighted by molar-refractivity contribution is 0.0316. The van der Waals surface area contributed by atoms with Crippen LogP contribution in [0.25, 0.3) is 0 Å². The molecule has 0 saturated carbocycles. The van der Waals surface area contributed by atoms with Gasteiger partial charge in [-0.25, -0.2) is 0 Å². The highest BCUT2D eigenvalue weighted by Gasteiger charge is 2.36. The Labute approximate surface area is 134 Å². The van der Waals surface area contributed by atoms with Crippen molar-refractivity contribution in [2.45, 2.75) is 25.3 Å². The third-order valence-corrected chi connectivity index (χ3v) is 5.55. The number of nitrogens with zero attached hydrogens (tertiary/aromatic N) is 2. The molecule has 0 radical (unpaired) electrons. The van der Waals surface area contributed by atoms with Crippen molar-refractivity contribution >= 4 is 27.5 Å². The molecule has 2 unspecified atom stereocenters. The standard InChI is InChI=1S/C16H22BrN3O/c1-19-7-2-3-11-10-20(8-6-15(11)19)16(21)13-9-12(18)4-5-14(13)17/h4-5,9,11,15H,2-3,6-8,10,18H2,1H3. The Hall–Kier alpha value is -1.07. The third kappa shape index (κ3) is 2.94. The number of nitrogens with two attached hydrogens (primary N) is 1. The van der Waals surface area contributed by atoms with Gasteiger partial charge in [-0.1, -0.05) is 0 Å². The molecule has 4 nitrogen and oxygen atoms in total. The zero-order chi connectivity index (χ0) is 15.0. The number of anilines is 1. The van der Waals surface area contributed by atoms with Gasteiger partial charge < -0.3 is 15.5 Å². The second-order valence-corrected chi connectivity index (χ2v) is 7.08.